The van der Waals surface area contributed by atoms with E-state index in [9.17, 15) is 0 Å². The van der Waals surface area contributed by atoms with Crippen LogP contribution in [0.2, 0.25) is 5.02 Å². The van der Waals surface area contributed by atoms with Crippen LogP contribution in [0.25, 0.3) is 0 Å². The average molecular weight is 321 g/mol. The van der Waals surface area contributed by atoms with Crippen molar-refractivity contribution >= 4 is 29.1 Å². The topological polar surface area (TPSA) is 67.7 Å². The van der Waals surface area contributed by atoms with Gasteiger partial charge in [0.25, 0.3) is 0 Å². The Morgan fingerprint density at radius 1 is 1.27 bits per heavy atom. The molecule has 7 heteroatoms. The van der Waals surface area contributed by atoms with Gasteiger partial charge in [-0.2, -0.15) is 10.1 Å². The van der Waals surface area contributed by atoms with Crippen molar-refractivity contribution in [3.8, 4) is 0 Å². The molecule has 2 aromatic heterocycles. The molecule has 0 aliphatic heterocycles. The molecule has 0 aromatic carbocycles. The second kappa shape index (κ2) is 6.96. The third-order valence-corrected chi connectivity index (χ3v) is 4.26. The SMILES string of the molecule is Cn1cc(Nc2ncc(Cl)c(NCC3CCCCC3)n2)cn1. The Hall–Kier alpha value is -1.82. The second-order valence-electron chi connectivity index (χ2n) is 5.80. The predicted octanol–water partition coefficient (Wildman–Crippen LogP) is 3.60. The Kier molecular flexibility index (Phi) is 4.77. The van der Waals surface area contributed by atoms with Crippen molar-refractivity contribution in [3.05, 3.63) is 23.6 Å². The van der Waals surface area contributed by atoms with Crippen LogP contribution in [0.1, 0.15) is 32.1 Å². The van der Waals surface area contributed by atoms with Crippen molar-refractivity contribution in [2.75, 3.05) is 17.2 Å². The Balaban J connectivity index is 1.64. The maximum absolute atomic E-state index is 6.19. The molecular weight excluding hydrogens is 300 g/mol. The smallest absolute Gasteiger partial charge is 0.229 e. The van der Waals surface area contributed by atoms with Gasteiger partial charge in [-0.1, -0.05) is 30.9 Å². The van der Waals surface area contributed by atoms with Crippen LogP contribution in [0.3, 0.4) is 0 Å². The fourth-order valence-electron chi connectivity index (χ4n) is 2.80. The standard InChI is InChI=1S/C15H21ClN6/c1-22-10-12(8-19-22)20-15-18-9-13(16)14(21-15)17-7-11-5-3-2-4-6-11/h8-11H,2-7H2,1H3,(H2,17,18,20,21). The zero-order chi connectivity index (χ0) is 15.4. The molecule has 1 saturated carbocycles. The maximum Gasteiger partial charge on any atom is 0.229 e. The van der Waals surface area contributed by atoms with Crippen LogP contribution in [0.15, 0.2) is 18.6 Å². The first kappa shape index (κ1) is 15.1. The summed E-state index contributed by atoms with van der Waals surface area (Å²) in [5.41, 5.74) is 0.850. The van der Waals surface area contributed by atoms with Crippen LogP contribution < -0.4 is 10.6 Å². The minimum atomic E-state index is 0.517. The summed E-state index contributed by atoms with van der Waals surface area (Å²) in [4.78, 5) is 8.67. The first-order valence-corrected chi connectivity index (χ1v) is 8.10. The molecule has 118 valence electrons. The maximum atomic E-state index is 6.19. The van der Waals surface area contributed by atoms with E-state index >= 15 is 0 Å². The molecule has 0 saturated heterocycles. The molecule has 1 aliphatic rings. The summed E-state index contributed by atoms with van der Waals surface area (Å²) >= 11 is 6.19. The predicted molar refractivity (Wildman–Crippen MR) is 88.6 cm³/mol. The zero-order valence-electron chi connectivity index (χ0n) is 12.7. The van der Waals surface area contributed by atoms with Gasteiger partial charge in [0, 0.05) is 19.8 Å². The Bertz CT molecular complexity index is 620. The number of halogens is 1. The summed E-state index contributed by atoms with van der Waals surface area (Å²) in [7, 11) is 1.87. The van der Waals surface area contributed by atoms with E-state index in [1.165, 1.54) is 32.1 Å². The van der Waals surface area contributed by atoms with Gasteiger partial charge in [0.1, 0.15) is 5.02 Å². The van der Waals surface area contributed by atoms with Crippen LogP contribution in [-0.2, 0) is 7.05 Å². The number of rotatable bonds is 5. The molecule has 2 aromatic rings. The summed E-state index contributed by atoms with van der Waals surface area (Å²) < 4.78 is 1.72. The molecule has 0 spiro atoms. The number of nitrogens with zero attached hydrogens (tertiary/aromatic N) is 4. The van der Waals surface area contributed by atoms with Crippen molar-refractivity contribution in [1.82, 2.24) is 19.7 Å². The molecule has 3 rings (SSSR count). The molecule has 6 nitrogen and oxygen atoms in total. The lowest BCUT2D eigenvalue weighted by molar-refractivity contribution is 0.373. The van der Waals surface area contributed by atoms with E-state index < -0.39 is 0 Å². The number of aryl methyl sites for hydroxylation is 1. The van der Waals surface area contributed by atoms with Crippen molar-refractivity contribution in [3.63, 3.8) is 0 Å². The molecule has 0 radical (unpaired) electrons. The van der Waals surface area contributed by atoms with E-state index in [-0.39, 0.29) is 0 Å². The fraction of sp³-hybridized carbons (Fsp3) is 0.533. The lowest BCUT2D eigenvalue weighted by Crippen LogP contribution is -2.18. The van der Waals surface area contributed by atoms with E-state index in [1.54, 1.807) is 17.1 Å². The highest BCUT2D eigenvalue weighted by Crippen LogP contribution is 2.26. The number of hydrogen-bond donors (Lipinski definition) is 2. The number of hydrogen-bond acceptors (Lipinski definition) is 5. The van der Waals surface area contributed by atoms with Gasteiger partial charge in [-0.25, -0.2) is 4.98 Å². The van der Waals surface area contributed by atoms with E-state index in [0.29, 0.717) is 16.8 Å². The third-order valence-electron chi connectivity index (χ3n) is 3.99. The first-order valence-electron chi connectivity index (χ1n) is 7.73. The van der Waals surface area contributed by atoms with Crippen LogP contribution in [0.4, 0.5) is 17.5 Å². The largest absolute Gasteiger partial charge is 0.368 e. The number of anilines is 3. The van der Waals surface area contributed by atoms with Gasteiger partial charge in [0.05, 0.1) is 18.1 Å². The Morgan fingerprint density at radius 3 is 2.82 bits per heavy atom. The molecule has 2 N–H and O–H groups in total. The van der Waals surface area contributed by atoms with Crippen LogP contribution >= 0.6 is 11.6 Å². The van der Waals surface area contributed by atoms with Crippen LogP contribution in [0.5, 0.6) is 0 Å². The summed E-state index contributed by atoms with van der Waals surface area (Å²) in [6.07, 6.45) is 11.8. The highest BCUT2D eigenvalue weighted by Gasteiger charge is 2.14. The van der Waals surface area contributed by atoms with Gasteiger partial charge < -0.3 is 10.6 Å². The van der Waals surface area contributed by atoms with Crippen molar-refractivity contribution in [1.29, 1.82) is 0 Å². The fourth-order valence-corrected chi connectivity index (χ4v) is 2.96. The van der Waals surface area contributed by atoms with E-state index in [0.717, 1.165) is 18.2 Å². The summed E-state index contributed by atoms with van der Waals surface area (Å²) in [5.74, 6) is 1.92. The van der Waals surface area contributed by atoms with Gasteiger partial charge in [0.2, 0.25) is 5.95 Å². The van der Waals surface area contributed by atoms with Gasteiger partial charge in [0.15, 0.2) is 5.82 Å². The summed E-state index contributed by atoms with van der Waals surface area (Å²) in [5, 5.41) is 11.2. The number of aromatic nitrogens is 4. The molecule has 0 unspecified atom stereocenters. The quantitative estimate of drug-likeness (QED) is 0.881. The van der Waals surface area contributed by atoms with Gasteiger partial charge in [-0.3, -0.25) is 4.68 Å². The van der Waals surface area contributed by atoms with E-state index in [2.05, 4.69) is 25.7 Å². The Morgan fingerprint density at radius 2 is 2.09 bits per heavy atom. The van der Waals surface area contributed by atoms with Crippen LogP contribution in [0, 0.1) is 5.92 Å². The highest BCUT2D eigenvalue weighted by atomic mass is 35.5. The molecule has 0 bridgehead atoms. The van der Waals surface area contributed by atoms with Crippen LogP contribution in [-0.4, -0.2) is 26.3 Å². The normalized spacial score (nSPS) is 15.7. The minimum absolute atomic E-state index is 0.517. The lowest BCUT2D eigenvalue weighted by Gasteiger charge is -2.22. The zero-order valence-corrected chi connectivity index (χ0v) is 13.5. The number of nitrogens with one attached hydrogen (secondary N) is 2. The van der Waals surface area contributed by atoms with E-state index in [1.807, 2.05) is 13.2 Å². The molecule has 1 aliphatic carbocycles. The molecule has 2 heterocycles. The molecule has 1 fully saturated rings. The van der Waals surface area contributed by atoms with Crippen molar-refractivity contribution in [2.45, 2.75) is 32.1 Å². The van der Waals surface area contributed by atoms with Gasteiger partial charge in [-0.05, 0) is 18.8 Å². The monoisotopic (exact) mass is 320 g/mol. The lowest BCUT2D eigenvalue weighted by atomic mass is 9.89. The minimum Gasteiger partial charge on any atom is -0.368 e. The van der Waals surface area contributed by atoms with Crippen molar-refractivity contribution < 1.29 is 0 Å². The summed E-state index contributed by atoms with van der Waals surface area (Å²) in [6, 6.07) is 0. The Labute approximate surface area is 135 Å². The van der Waals surface area contributed by atoms with E-state index in [4.69, 9.17) is 11.6 Å². The van der Waals surface area contributed by atoms with Crippen molar-refractivity contribution in [2.24, 2.45) is 13.0 Å². The molecule has 0 atom stereocenters. The second-order valence-corrected chi connectivity index (χ2v) is 6.21. The first-order chi connectivity index (χ1) is 10.7. The highest BCUT2D eigenvalue weighted by molar-refractivity contribution is 6.32. The van der Waals surface area contributed by atoms with Gasteiger partial charge >= 0.3 is 0 Å². The average Bonchev–Trinajstić information content (AvgIpc) is 2.94. The van der Waals surface area contributed by atoms with Gasteiger partial charge in [-0.15, -0.1) is 0 Å². The molecular formula is C15H21ClN6. The molecule has 0 amide bonds. The molecule has 22 heavy (non-hydrogen) atoms. The summed E-state index contributed by atoms with van der Waals surface area (Å²) in [6.45, 7) is 0.920. The third kappa shape index (κ3) is 3.88.